The number of aromatic nitrogens is 3. The van der Waals surface area contributed by atoms with Gasteiger partial charge in [0.1, 0.15) is 61.4 Å². The number of nitrogens with one attached hydrogen (secondary N) is 10. The van der Waals surface area contributed by atoms with E-state index < -0.39 is 181 Å². The van der Waals surface area contributed by atoms with Gasteiger partial charge >= 0.3 is 11.9 Å². The zero-order chi connectivity index (χ0) is 74.1. The van der Waals surface area contributed by atoms with E-state index in [0.29, 0.717) is 11.1 Å². The van der Waals surface area contributed by atoms with Gasteiger partial charge in [-0.15, -0.1) is 10.6 Å². The molecule has 4 aliphatic heterocycles. The van der Waals surface area contributed by atoms with Crippen LogP contribution in [0.4, 0.5) is 0 Å². The number of amides is 10. The zero-order valence-corrected chi connectivity index (χ0v) is 58.9. The van der Waals surface area contributed by atoms with E-state index in [0.717, 1.165) is 26.2 Å². The number of fused-ring (bicyclic) bond motifs is 9. The Labute approximate surface area is 589 Å². The molecule has 546 valence electrons. The van der Waals surface area contributed by atoms with Crippen LogP contribution in [0, 0.1) is 10.8 Å². The number of hydrogen-bond donors (Lipinski definition) is 12. The summed E-state index contributed by atoms with van der Waals surface area (Å²) in [5, 5.41) is 56.5. The maximum absolute atomic E-state index is 15.3. The summed E-state index contributed by atoms with van der Waals surface area (Å²) in [5.41, 5.74) is 5.04. The van der Waals surface area contributed by atoms with E-state index in [4.69, 9.17) is 0 Å². The second-order valence-corrected chi connectivity index (χ2v) is 28.4. The standard InChI is InChI=1S/C70H92N18O14/c1-39(71-9)59(91)77-57(69(3,4)5)65(97)87-25-23-83-35-53(87)63(95)73-49(29-41-19-21-43-15-11-13-17-45(43)27-41)61(93)75-51(67(99)100)31-48-34-86(82-80-48)38-56(90)84-24-26-88(66(98)58(70(6,7)8)78-60(92)40(2)72-10)54(36-84)64(96)74-50(30-42-20-22-44-16-12-14-18-46(44)28-42)62(94)76-52(68(101)102)32-47-33-85(81-79-47)37-55(83)89/h11-22,27-28,33-34,39-40,49-54,57-58,71-72,79,81H,23-26,29-32,35-38H2,1-10H3,(H,73,95)(H,74,96)(H,75,93)(H,76,94)(H,77,91)(H,78,92)(H,99,100)(H,101,102)/t39-,40-,49-,50-,51-,52-,53-,54-,57+,58+/m0/s1. The van der Waals surface area contributed by atoms with Gasteiger partial charge in [0.25, 0.3) is 0 Å². The molecule has 8 bridgehead atoms. The van der Waals surface area contributed by atoms with E-state index in [1.807, 2.05) is 66.7 Å². The number of piperazine rings is 2. The number of carbonyl (C=O) groups excluding carboxylic acids is 10. The van der Waals surface area contributed by atoms with Gasteiger partial charge < -0.3 is 77.8 Å². The molecule has 102 heavy (non-hydrogen) atoms. The van der Waals surface area contributed by atoms with Crippen LogP contribution in [0.5, 0.6) is 0 Å². The lowest BCUT2D eigenvalue weighted by Gasteiger charge is -2.44. The van der Waals surface area contributed by atoms with Crippen LogP contribution in [0.15, 0.2) is 103 Å². The van der Waals surface area contributed by atoms with Crippen LogP contribution in [0.25, 0.3) is 21.5 Å². The third-order valence-electron chi connectivity index (χ3n) is 18.8. The summed E-state index contributed by atoms with van der Waals surface area (Å²) in [7, 11) is 3.15. The topological polar surface area (TPSA) is 413 Å². The van der Waals surface area contributed by atoms with Crippen LogP contribution in [-0.4, -0.2) is 241 Å². The van der Waals surface area contributed by atoms with Gasteiger partial charge in [0, 0.05) is 70.0 Å². The number of carbonyl (C=O) groups is 12. The van der Waals surface area contributed by atoms with Crippen LogP contribution in [0.3, 0.4) is 0 Å². The molecule has 2 saturated heterocycles. The molecule has 0 unspecified atom stereocenters. The van der Waals surface area contributed by atoms with Crippen molar-refractivity contribution in [3.63, 3.8) is 0 Å². The SMILES string of the molecule is CN[C@@H](C)C(=O)N[C@H](C(=O)N1CCN2C[C@H]1C(=O)N[C@@H](Cc1ccc3ccccc3c1)C(=O)N[C@H](C(=O)O)CC1=CN(CC(=O)N3CCN(C(=O)[C@@H](NC(=O)[C@H](C)NC)C(C)(C)C)[C@@H](C3)C(=O)N[C@@H](Cc3ccc4ccccc4c3)C(=O)N[C@H](C(=O)O)Cc3cn(nn3)CC2=O)NN1)C(C)(C)C. The molecule has 0 spiro atoms. The fourth-order valence-electron chi connectivity index (χ4n) is 12.5. The summed E-state index contributed by atoms with van der Waals surface area (Å²) in [6, 6.07) is 12.1. The van der Waals surface area contributed by atoms with E-state index in [1.165, 1.54) is 37.0 Å². The normalized spacial score (nSPS) is 22.2. The number of rotatable bonds is 14. The van der Waals surface area contributed by atoms with E-state index in [1.54, 1.807) is 87.7 Å². The molecule has 10 atom stereocenters. The van der Waals surface area contributed by atoms with Crippen molar-refractivity contribution in [1.82, 2.24) is 93.1 Å². The van der Waals surface area contributed by atoms with Gasteiger partial charge in [-0.2, -0.15) is 0 Å². The van der Waals surface area contributed by atoms with Crippen LogP contribution in [0.1, 0.15) is 78.6 Å². The smallest absolute Gasteiger partial charge is 0.326 e. The van der Waals surface area contributed by atoms with Crippen molar-refractivity contribution in [1.29, 1.82) is 0 Å². The molecule has 0 saturated carbocycles. The molecule has 0 radical (unpaired) electrons. The number of carboxylic acids is 2. The Morgan fingerprint density at radius 3 is 1.42 bits per heavy atom. The van der Waals surface area contributed by atoms with Gasteiger partial charge in [0.15, 0.2) is 0 Å². The van der Waals surface area contributed by atoms with E-state index in [9.17, 15) is 48.6 Å². The highest BCUT2D eigenvalue weighted by Gasteiger charge is 2.47. The third kappa shape index (κ3) is 18.7. The molecular weight excluding hydrogens is 1320 g/mol. The second kappa shape index (κ2) is 32.4. The number of nitrogens with zero attached hydrogens (tertiary/aromatic N) is 8. The molecule has 9 rings (SSSR count). The first kappa shape index (κ1) is 75.6. The molecular formula is C70H92N18O14. The minimum Gasteiger partial charge on any atom is -0.480 e. The summed E-state index contributed by atoms with van der Waals surface area (Å²) in [5.74, 6) is -10.3. The van der Waals surface area contributed by atoms with Gasteiger partial charge in [-0.25, -0.2) is 14.3 Å². The molecule has 12 N–H and O–H groups in total. The van der Waals surface area contributed by atoms with Crippen molar-refractivity contribution in [2.45, 2.75) is 148 Å². The maximum Gasteiger partial charge on any atom is 0.326 e. The van der Waals surface area contributed by atoms with Crippen molar-refractivity contribution in [3.8, 4) is 0 Å². The number of benzene rings is 4. The largest absolute Gasteiger partial charge is 0.480 e. The number of aliphatic carboxylic acids is 2. The van der Waals surface area contributed by atoms with Crippen molar-refractivity contribution >= 4 is 92.6 Å². The Hall–Kier alpha value is -10.6. The molecule has 32 heteroatoms. The predicted octanol–water partition coefficient (Wildman–Crippen LogP) is -1.35. The highest BCUT2D eigenvalue weighted by Crippen LogP contribution is 2.28. The molecule has 1 aromatic heterocycles. The lowest BCUT2D eigenvalue weighted by atomic mass is 9.85. The quantitative estimate of drug-likeness (QED) is 0.0611. The molecule has 2 fully saturated rings. The summed E-state index contributed by atoms with van der Waals surface area (Å²) in [6.45, 7) is 10.9. The van der Waals surface area contributed by atoms with Crippen molar-refractivity contribution in [2.24, 2.45) is 10.8 Å². The van der Waals surface area contributed by atoms with Gasteiger partial charge in [-0.1, -0.05) is 132 Å². The number of carboxylic acid groups (broad SMARTS) is 2. The molecule has 32 nitrogen and oxygen atoms in total. The van der Waals surface area contributed by atoms with Crippen molar-refractivity contribution < 1.29 is 67.7 Å². The summed E-state index contributed by atoms with van der Waals surface area (Å²) in [6.07, 6.45) is 1.35. The van der Waals surface area contributed by atoms with Crippen LogP contribution < -0.4 is 53.5 Å². The highest BCUT2D eigenvalue weighted by molar-refractivity contribution is 5.99. The average molecular weight is 1410 g/mol. The Bertz CT molecular complexity index is 4050. The third-order valence-corrected chi connectivity index (χ3v) is 18.8. The van der Waals surface area contributed by atoms with Gasteiger partial charge in [0.2, 0.25) is 59.1 Å². The molecule has 4 aromatic carbocycles. The van der Waals surface area contributed by atoms with Gasteiger partial charge in [0.05, 0.1) is 30.9 Å². The average Bonchev–Trinajstić information content (AvgIpc) is 0.881. The first-order chi connectivity index (χ1) is 48.3. The van der Waals surface area contributed by atoms with Crippen molar-refractivity contribution in [2.75, 3.05) is 59.9 Å². The van der Waals surface area contributed by atoms with Crippen LogP contribution in [-0.2, 0) is 83.3 Å². The van der Waals surface area contributed by atoms with Gasteiger partial charge in [-0.3, -0.25) is 53.0 Å². The maximum atomic E-state index is 15.3. The number of hydrogen-bond acceptors (Lipinski definition) is 19. The van der Waals surface area contributed by atoms with E-state index in [-0.39, 0.29) is 50.4 Å². The Kier molecular flexibility index (Phi) is 24.0. The molecule has 5 heterocycles. The molecule has 4 aliphatic rings. The predicted molar refractivity (Wildman–Crippen MR) is 372 cm³/mol. The monoisotopic (exact) mass is 1410 g/mol. The fraction of sp³-hybridized carbons (Fsp3) is 0.486. The first-order valence-electron chi connectivity index (χ1n) is 33.9. The summed E-state index contributed by atoms with van der Waals surface area (Å²) < 4.78 is 1.12. The lowest BCUT2D eigenvalue weighted by Crippen LogP contribution is -2.67. The Balaban J connectivity index is 1.09. The first-order valence-corrected chi connectivity index (χ1v) is 33.9. The Morgan fingerprint density at radius 1 is 0.559 bits per heavy atom. The Morgan fingerprint density at radius 2 is 0.990 bits per heavy atom. The van der Waals surface area contributed by atoms with Gasteiger partial charge in [-0.05, 0) is 71.4 Å². The molecule has 10 amide bonds. The zero-order valence-electron chi connectivity index (χ0n) is 58.9. The number of hydrazine groups is 2. The summed E-state index contributed by atoms with van der Waals surface area (Å²) >= 11 is 0. The minimum absolute atomic E-state index is 0.000902. The fourth-order valence-corrected chi connectivity index (χ4v) is 12.5. The summed E-state index contributed by atoms with van der Waals surface area (Å²) in [4.78, 5) is 178. The van der Waals surface area contributed by atoms with E-state index >= 15 is 19.2 Å². The van der Waals surface area contributed by atoms with Crippen LogP contribution in [0.2, 0.25) is 0 Å². The number of likely N-dealkylation sites (N-methyl/N-ethyl adjacent to an activating group) is 2. The molecule has 0 aliphatic carbocycles. The van der Waals surface area contributed by atoms with Crippen molar-refractivity contribution in [3.05, 3.63) is 120 Å². The second-order valence-electron chi connectivity index (χ2n) is 28.4. The highest BCUT2D eigenvalue weighted by atomic mass is 16.4. The molecule has 5 aromatic rings. The van der Waals surface area contributed by atoms with E-state index in [2.05, 4.69) is 63.8 Å². The lowest BCUT2D eigenvalue weighted by molar-refractivity contribution is -0.153. The minimum atomic E-state index is -1.73. The van der Waals surface area contributed by atoms with Crippen LogP contribution >= 0.6 is 0 Å².